The van der Waals surface area contributed by atoms with Crippen molar-refractivity contribution in [2.45, 2.75) is 16.6 Å². The number of hydrogen-bond donors (Lipinski definition) is 1. The molecule has 32 heavy (non-hydrogen) atoms. The zero-order chi connectivity index (χ0) is 22.2. The number of furan rings is 1. The number of nitrogens with one attached hydrogen (secondary N) is 1. The molecule has 3 aromatic heterocycles. The second kappa shape index (κ2) is 10.8. The maximum Gasteiger partial charge on any atom is 0.234 e. The van der Waals surface area contributed by atoms with E-state index in [0.717, 1.165) is 27.7 Å². The summed E-state index contributed by atoms with van der Waals surface area (Å²) in [5.41, 5.74) is 1.63. The minimum Gasteiger partial charge on any atom is -0.467 e. The highest BCUT2D eigenvalue weighted by Crippen LogP contribution is 2.28. The molecule has 0 saturated carbocycles. The van der Waals surface area contributed by atoms with E-state index >= 15 is 0 Å². The lowest BCUT2D eigenvalue weighted by Crippen LogP contribution is -2.15. The van der Waals surface area contributed by atoms with Crippen molar-refractivity contribution in [3.8, 4) is 11.4 Å². The summed E-state index contributed by atoms with van der Waals surface area (Å²) in [6.07, 6.45) is 6.92. The van der Waals surface area contributed by atoms with Crippen molar-refractivity contribution in [2.75, 3.05) is 16.8 Å². The van der Waals surface area contributed by atoms with Crippen LogP contribution in [0.1, 0.15) is 5.76 Å². The third kappa shape index (κ3) is 5.49. The average molecular weight is 464 g/mol. The molecule has 9 heteroatoms. The van der Waals surface area contributed by atoms with Crippen LogP contribution >= 0.6 is 23.5 Å². The Balaban J connectivity index is 1.49. The number of benzene rings is 1. The van der Waals surface area contributed by atoms with E-state index < -0.39 is 0 Å². The lowest BCUT2D eigenvalue weighted by Gasteiger charge is -2.11. The van der Waals surface area contributed by atoms with Crippen LogP contribution < -0.4 is 5.32 Å². The topological polar surface area (TPSA) is 85.8 Å². The Bertz CT molecular complexity index is 1180. The summed E-state index contributed by atoms with van der Waals surface area (Å²) in [5, 5.41) is 12.3. The quantitative estimate of drug-likeness (QED) is 0.262. The van der Waals surface area contributed by atoms with Crippen LogP contribution in [-0.2, 0) is 11.3 Å². The molecule has 4 rings (SSSR count). The number of aromatic nitrogens is 4. The van der Waals surface area contributed by atoms with Crippen LogP contribution in [0.5, 0.6) is 0 Å². The van der Waals surface area contributed by atoms with E-state index in [1.165, 1.54) is 11.8 Å². The maximum absolute atomic E-state index is 12.7. The summed E-state index contributed by atoms with van der Waals surface area (Å²) in [6, 6.07) is 15.2. The summed E-state index contributed by atoms with van der Waals surface area (Å²) >= 11 is 2.95. The van der Waals surface area contributed by atoms with Gasteiger partial charge in [-0.05, 0) is 36.4 Å². The van der Waals surface area contributed by atoms with Crippen LogP contribution in [0.2, 0.25) is 0 Å². The van der Waals surface area contributed by atoms with Crippen molar-refractivity contribution in [1.29, 1.82) is 0 Å². The number of nitrogens with zero attached hydrogens (tertiary/aromatic N) is 4. The molecule has 3 heterocycles. The molecule has 162 valence electrons. The van der Waals surface area contributed by atoms with Crippen LogP contribution in [0.3, 0.4) is 0 Å². The molecule has 0 bridgehead atoms. The Kier molecular flexibility index (Phi) is 7.42. The fourth-order valence-corrected chi connectivity index (χ4v) is 4.45. The normalized spacial score (nSPS) is 10.8. The molecule has 0 radical (unpaired) electrons. The first-order valence-electron chi connectivity index (χ1n) is 9.86. The molecule has 1 aromatic carbocycles. The lowest BCUT2D eigenvalue weighted by molar-refractivity contribution is -0.113. The molecule has 0 aliphatic heterocycles. The van der Waals surface area contributed by atoms with Gasteiger partial charge in [-0.1, -0.05) is 30.0 Å². The average Bonchev–Trinajstić information content (AvgIpc) is 3.48. The minimum atomic E-state index is -0.114. The van der Waals surface area contributed by atoms with Gasteiger partial charge in [-0.15, -0.1) is 28.5 Å². The SMILES string of the molecule is C=CCSc1ccccc1NC(=O)CSc1nnc(-c2cccnc2)n1Cc1ccco1. The van der Waals surface area contributed by atoms with E-state index in [0.29, 0.717) is 17.5 Å². The number of carbonyl (C=O) groups excluding carboxylic acids is 1. The fourth-order valence-electron chi connectivity index (χ4n) is 2.97. The molecule has 0 fully saturated rings. The number of carbonyl (C=O) groups is 1. The van der Waals surface area contributed by atoms with Crippen LogP contribution in [0.4, 0.5) is 5.69 Å². The number of amides is 1. The molecule has 0 aliphatic rings. The highest BCUT2D eigenvalue weighted by atomic mass is 32.2. The standard InChI is InChI=1S/C23H21N5O2S2/c1-2-13-31-20-10-4-3-9-19(20)25-21(29)16-32-23-27-26-22(17-7-5-11-24-14-17)28(23)15-18-8-6-12-30-18/h2-12,14H,1,13,15-16H2,(H,25,29). The zero-order valence-electron chi connectivity index (χ0n) is 17.2. The van der Waals surface area contributed by atoms with Crippen molar-refractivity contribution in [3.63, 3.8) is 0 Å². The summed E-state index contributed by atoms with van der Waals surface area (Å²) in [4.78, 5) is 17.9. The van der Waals surface area contributed by atoms with Crippen LogP contribution in [0.15, 0.2) is 94.3 Å². The van der Waals surface area contributed by atoms with Crippen molar-refractivity contribution < 1.29 is 9.21 Å². The largest absolute Gasteiger partial charge is 0.467 e. The molecular formula is C23H21N5O2S2. The van der Waals surface area contributed by atoms with Crippen LogP contribution in [0, 0.1) is 0 Å². The minimum absolute atomic E-state index is 0.114. The molecule has 0 unspecified atom stereocenters. The molecule has 7 nitrogen and oxygen atoms in total. The smallest absolute Gasteiger partial charge is 0.234 e. The Hall–Kier alpha value is -3.30. The lowest BCUT2D eigenvalue weighted by atomic mass is 10.2. The molecule has 0 spiro atoms. The van der Waals surface area contributed by atoms with E-state index in [1.807, 2.05) is 59.2 Å². The van der Waals surface area contributed by atoms with Gasteiger partial charge in [-0.2, -0.15) is 0 Å². The molecule has 1 N–H and O–H groups in total. The van der Waals surface area contributed by atoms with Crippen molar-refractivity contribution in [1.82, 2.24) is 19.7 Å². The van der Waals surface area contributed by atoms with Crippen molar-refractivity contribution in [3.05, 3.63) is 85.6 Å². The van der Waals surface area contributed by atoms with Crippen molar-refractivity contribution >= 4 is 35.1 Å². The zero-order valence-corrected chi connectivity index (χ0v) is 18.8. The van der Waals surface area contributed by atoms with Gasteiger partial charge in [-0.3, -0.25) is 14.3 Å². The number of rotatable bonds is 10. The first kappa shape index (κ1) is 21.9. The fraction of sp³-hybridized carbons (Fsp3) is 0.130. The van der Waals surface area contributed by atoms with E-state index in [-0.39, 0.29) is 11.7 Å². The monoisotopic (exact) mass is 463 g/mol. The molecule has 4 aromatic rings. The van der Waals surface area contributed by atoms with Gasteiger partial charge >= 0.3 is 0 Å². The summed E-state index contributed by atoms with van der Waals surface area (Å²) < 4.78 is 7.44. The summed E-state index contributed by atoms with van der Waals surface area (Å²) in [6.45, 7) is 4.20. The first-order chi connectivity index (χ1) is 15.7. The van der Waals surface area contributed by atoms with Crippen molar-refractivity contribution in [2.24, 2.45) is 0 Å². The number of anilines is 1. The van der Waals surface area contributed by atoms with Crippen LogP contribution in [-0.4, -0.2) is 37.2 Å². The maximum atomic E-state index is 12.7. The van der Waals surface area contributed by atoms with Gasteiger partial charge in [-0.25, -0.2) is 0 Å². The predicted molar refractivity (Wildman–Crippen MR) is 128 cm³/mol. The molecule has 0 aliphatic carbocycles. The second-order valence-electron chi connectivity index (χ2n) is 6.65. The third-order valence-corrected chi connectivity index (χ3v) is 6.42. The molecule has 0 atom stereocenters. The Morgan fingerprint density at radius 1 is 1.12 bits per heavy atom. The summed E-state index contributed by atoms with van der Waals surface area (Å²) in [5.74, 6) is 2.30. The van der Waals surface area contributed by atoms with E-state index in [9.17, 15) is 4.79 Å². The highest BCUT2D eigenvalue weighted by molar-refractivity contribution is 8.00. The van der Waals surface area contributed by atoms with Gasteiger partial charge in [0.15, 0.2) is 11.0 Å². The van der Waals surface area contributed by atoms with E-state index in [4.69, 9.17) is 4.42 Å². The predicted octanol–water partition coefficient (Wildman–Crippen LogP) is 4.99. The Morgan fingerprint density at radius 2 is 2.03 bits per heavy atom. The molecule has 1 amide bonds. The number of pyridine rings is 1. The summed E-state index contributed by atoms with van der Waals surface area (Å²) in [7, 11) is 0. The van der Waals surface area contributed by atoms with Gasteiger partial charge in [0.1, 0.15) is 5.76 Å². The van der Waals surface area contributed by atoms with Gasteiger partial charge < -0.3 is 9.73 Å². The van der Waals surface area contributed by atoms with Gasteiger partial charge in [0.05, 0.1) is 24.2 Å². The molecular weight excluding hydrogens is 442 g/mol. The highest BCUT2D eigenvalue weighted by Gasteiger charge is 2.17. The third-order valence-electron chi connectivity index (χ3n) is 4.38. The number of hydrogen-bond acceptors (Lipinski definition) is 7. The van der Waals surface area contributed by atoms with Crippen LogP contribution in [0.25, 0.3) is 11.4 Å². The van der Waals surface area contributed by atoms with Gasteiger partial charge in [0, 0.05) is 28.6 Å². The first-order valence-corrected chi connectivity index (χ1v) is 11.8. The van der Waals surface area contributed by atoms with E-state index in [1.54, 1.807) is 30.4 Å². The number of para-hydroxylation sites is 1. The van der Waals surface area contributed by atoms with E-state index in [2.05, 4.69) is 27.1 Å². The Labute approximate surface area is 194 Å². The van der Waals surface area contributed by atoms with Gasteiger partial charge in [0.2, 0.25) is 5.91 Å². The molecule has 0 saturated heterocycles. The van der Waals surface area contributed by atoms with Gasteiger partial charge in [0.25, 0.3) is 0 Å². The number of thioether (sulfide) groups is 2. The second-order valence-corrected chi connectivity index (χ2v) is 8.65. The Morgan fingerprint density at radius 3 is 2.81 bits per heavy atom.